The topological polar surface area (TPSA) is 43.7 Å². The van der Waals surface area contributed by atoms with Gasteiger partial charge in [-0.15, -0.1) is 0 Å². The molecule has 3 heteroatoms. The summed E-state index contributed by atoms with van der Waals surface area (Å²) in [6, 6.07) is 8.33. The Morgan fingerprint density at radius 2 is 2.00 bits per heavy atom. The lowest BCUT2D eigenvalue weighted by atomic mass is 9.86. The normalized spacial score (nSPS) is 28.2. The van der Waals surface area contributed by atoms with Crippen molar-refractivity contribution in [2.75, 3.05) is 20.6 Å². The lowest BCUT2D eigenvalue weighted by Crippen LogP contribution is -2.26. The molecule has 2 aliphatic rings. The summed E-state index contributed by atoms with van der Waals surface area (Å²) in [6.07, 6.45) is 13.8. The Morgan fingerprint density at radius 1 is 1.20 bits per heavy atom. The molecule has 1 aromatic carbocycles. The van der Waals surface area contributed by atoms with Crippen molar-refractivity contribution in [1.29, 1.82) is 0 Å². The maximum absolute atomic E-state index is 10.9. The molecule has 0 unspecified atom stereocenters. The molecule has 0 aromatic heterocycles. The number of hydrogen-bond acceptors (Lipinski definition) is 3. The molecule has 1 fully saturated rings. The molecule has 0 saturated heterocycles. The largest absolute Gasteiger partial charge is 0.392 e. The lowest BCUT2D eigenvalue weighted by molar-refractivity contribution is 0.108. The highest BCUT2D eigenvalue weighted by atomic mass is 16.3. The Bertz CT molecular complexity index is 749. The van der Waals surface area contributed by atoms with Crippen LogP contribution in [0.25, 0.3) is 0 Å². The summed E-state index contributed by atoms with van der Waals surface area (Å²) in [5.41, 5.74) is 3.06. The number of nitrogens with zero attached hydrogens (tertiary/aromatic N) is 1. The van der Waals surface area contributed by atoms with E-state index in [0.29, 0.717) is 18.3 Å². The third-order valence-electron chi connectivity index (χ3n) is 6.88. The minimum absolute atomic E-state index is 0.154. The van der Waals surface area contributed by atoms with E-state index < -0.39 is 5.60 Å². The molecule has 3 nitrogen and oxygen atoms in total. The van der Waals surface area contributed by atoms with Crippen LogP contribution in [0.4, 0.5) is 0 Å². The Labute approximate surface area is 183 Å². The molecule has 2 N–H and O–H groups in total. The van der Waals surface area contributed by atoms with Crippen molar-refractivity contribution in [2.45, 2.75) is 70.5 Å². The number of allylic oxidation sites excluding steroid dienone is 2. The second-order valence-corrected chi connectivity index (χ2v) is 10.2. The fraction of sp³-hybridized carbons (Fsp3) is 0.630. The minimum Gasteiger partial charge on any atom is -0.392 e. The zero-order valence-corrected chi connectivity index (χ0v) is 19.3. The van der Waals surface area contributed by atoms with Gasteiger partial charge in [-0.1, -0.05) is 60.1 Å². The molecule has 0 heterocycles. The standard InChI is InChI=1S/C27H41NO2/c1-20-9-8-11-22(15-20)19-27(2,30)13-12-24-25-17-21(16-23(25)18-26(24)29)10-6-5-7-14-28(3)4/h8-9,11-13,15-16,23-26,29-30H,5-7,10,14,17-19H2,1-4H3/t23-,24+,25-,26+,27+/m0/s1. The summed E-state index contributed by atoms with van der Waals surface area (Å²) in [5.74, 6) is 1.16. The van der Waals surface area contributed by atoms with Crippen LogP contribution in [0, 0.1) is 24.7 Å². The first-order valence-electron chi connectivity index (χ1n) is 11.7. The lowest BCUT2D eigenvalue weighted by Gasteiger charge is -2.23. The highest BCUT2D eigenvalue weighted by molar-refractivity contribution is 5.26. The number of aliphatic hydroxyl groups is 2. The SMILES string of the molecule is Cc1cccc(C[C@](C)(O)C=C[C@@H]2[C@H]3CC(CCCCCN(C)C)=C[C@H]3C[C@H]2O)c1. The van der Waals surface area contributed by atoms with E-state index in [4.69, 9.17) is 0 Å². The van der Waals surface area contributed by atoms with Gasteiger partial charge in [0.15, 0.2) is 0 Å². The van der Waals surface area contributed by atoms with Gasteiger partial charge in [0.2, 0.25) is 0 Å². The van der Waals surface area contributed by atoms with Crippen molar-refractivity contribution in [3.63, 3.8) is 0 Å². The molecule has 0 bridgehead atoms. The van der Waals surface area contributed by atoms with E-state index >= 15 is 0 Å². The van der Waals surface area contributed by atoms with Gasteiger partial charge in [-0.05, 0) is 84.0 Å². The van der Waals surface area contributed by atoms with Gasteiger partial charge in [0, 0.05) is 12.3 Å². The van der Waals surface area contributed by atoms with E-state index in [0.717, 1.165) is 18.4 Å². The van der Waals surface area contributed by atoms with Gasteiger partial charge < -0.3 is 15.1 Å². The van der Waals surface area contributed by atoms with E-state index in [2.05, 4.69) is 56.3 Å². The Morgan fingerprint density at radius 3 is 2.73 bits per heavy atom. The number of rotatable bonds is 10. The summed E-state index contributed by atoms with van der Waals surface area (Å²) >= 11 is 0. The van der Waals surface area contributed by atoms with E-state index in [-0.39, 0.29) is 12.0 Å². The number of hydrogen-bond donors (Lipinski definition) is 2. The Hall–Kier alpha value is -1.42. The molecule has 0 amide bonds. The summed E-state index contributed by atoms with van der Waals surface area (Å²) in [7, 11) is 4.27. The highest BCUT2D eigenvalue weighted by Crippen LogP contribution is 2.48. The summed E-state index contributed by atoms with van der Waals surface area (Å²) < 4.78 is 0. The average molecular weight is 412 g/mol. The summed E-state index contributed by atoms with van der Waals surface area (Å²) in [4.78, 5) is 2.26. The van der Waals surface area contributed by atoms with Crippen molar-refractivity contribution in [3.05, 3.63) is 59.2 Å². The second-order valence-electron chi connectivity index (χ2n) is 10.2. The van der Waals surface area contributed by atoms with Gasteiger partial charge in [0.1, 0.15) is 0 Å². The van der Waals surface area contributed by atoms with Crippen LogP contribution in [0.3, 0.4) is 0 Å². The third kappa shape index (κ3) is 6.54. The van der Waals surface area contributed by atoms with Crippen LogP contribution in [-0.2, 0) is 6.42 Å². The maximum atomic E-state index is 10.9. The Balaban J connectivity index is 1.52. The molecule has 30 heavy (non-hydrogen) atoms. The smallest absolute Gasteiger partial charge is 0.0839 e. The number of unbranched alkanes of at least 4 members (excludes halogenated alkanes) is 2. The minimum atomic E-state index is -0.896. The summed E-state index contributed by atoms with van der Waals surface area (Å²) in [5, 5.41) is 21.6. The highest BCUT2D eigenvalue weighted by Gasteiger charge is 2.43. The van der Waals surface area contributed by atoms with Gasteiger partial charge in [0.05, 0.1) is 11.7 Å². The van der Waals surface area contributed by atoms with Crippen LogP contribution < -0.4 is 0 Å². The first-order chi connectivity index (χ1) is 14.2. The fourth-order valence-corrected chi connectivity index (χ4v) is 5.36. The molecule has 0 spiro atoms. The van der Waals surface area contributed by atoms with Crippen molar-refractivity contribution in [1.82, 2.24) is 4.90 Å². The molecule has 1 saturated carbocycles. The Kier molecular flexibility index (Phi) is 7.95. The third-order valence-corrected chi connectivity index (χ3v) is 6.88. The first kappa shape index (κ1) is 23.2. The van der Waals surface area contributed by atoms with Gasteiger partial charge >= 0.3 is 0 Å². The molecule has 1 aromatic rings. The van der Waals surface area contributed by atoms with Crippen LogP contribution in [0.1, 0.15) is 56.6 Å². The predicted molar refractivity (Wildman–Crippen MR) is 125 cm³/mol. The summed E-state index contributed by atoms with van der Waals surface area (Å²) in [6.45, 7) is 5.12. The maximum Gasteiger partial charge on any atom is 0.0839 e. The molecule has 166 valence electrons. The van der Waals surface area contributed by atoms with Crippen molar-refractivity contribution in [3.8, 4) is 0 Å². The van der Waals surface area contributed by atoms with Crippen LogP contribution >= 0.6 is 0 Å². The molecule has 2 aliphatic carbocycles. The number of fused-ring (bicyclic) bond motifs is 1. The molecule has 0 radical (unpaired) electrons. The van der Waals surface area contributed by atoms with Crippen LogP contribution in [0.2, 0.25) is 0 Å². The first-order valence-corrected chi connectivity index (χ1v) is 11.7. The van der Waals surface area contributed by atoms with Gasteiger partial charge in [-0.3, -0.25) is 0 Å². The van der Waals surface area contributed by atoms with Gasteiger partial charge in [0.25, 0.3) is 0 Å². The van der Waals surface area contributed by atoms with E-state index in [1.807, 2.05) is 19.1 Å². The quantitative estimate of drug-likeness (QED) is 0.425. The second kappa shape index (κ2) is 10.3. The van der Waals surface area contributed by atoms with E-state index in [1.165, 1.54) is 37.8 Å². The molecule has 3 rings (SSSR count). The predicted octanol–water partition coefficient (Wildman–Crippen LogP) is 4.91. The van der Waals surface area contributed by atoms with Crippen LogP contribution in [0.5, 0.6) is 0 Å². The van der Waals surface area contributed by atoms with Crippen molar-refractivity contribution >= 4 is 0 Å². The molecule has 5 atom stereocenters. The van der Waals surface area contributed by atoms with Crippen LogP contribution in [0.15, 0.2) is 48.1 Å². The zero-order chi connectivity index (χ0) is 21.7. The molecule has 0 aliphatic heterocycles. The molecular formula is C27H41NO2. The zero-order valence-electron chi connectivity index (χ0n) is 19.3. The van der Waals surface area contributed by atoms with Crippen molar-refractivity contribution in [2.24, 2.45) is 17.8 Å². The fourth-order valence-electron chi connectivity index (χ4n) is 5.36. The van der Waals surface area contributed by atoms with Crippen LogP contribution in [-0.4, -0.2) is 47.5 Å². The average Bonchev–Trinajstić information content (AvgIpc) is 3.15. The monoisotopic (exact) mass is 411 g/mol. The molecular weight excluding hydrogens is 370 g/mol. The van der Waals surface area contributed by atoms with E-state index in [1.54, 1.807) is 5.57 Å². The van der Waals surface area contributed by atoms with Gasteiger partial charge in [-0.2, -0.15) is 0 Å². The van der Waals surface area contributed by atoms with Crippen molar-refractivity contribution < 1.29 is 10.2 Å². The van der Waals surface area contributed by atoms with Gasteiger partial charge in [-0.25, -0.2) is 0 Å². The number of aliphatic hydroxyl groups excluding tert-OH is 1. The number of benzene rings is 1. The van der Waals surface area contributed by atoms with E-state index in [9.17, 15) is 10.2 Å². The number of aryl methyl sites for hydroxylation is 1.